The number of aromatic nitrogens is 1. The lowest BCUT2D eigenvalue weighted by molar-refractivity contribution is 0.400. The Morgan fingerprint density at radius 1 is 1.25 bits per heavy atom. The molecule has 0 unspecified atom stereocenters. The molecule has 0 spiro atoms. The van der Waals surface area contributed by atoms with Gasteiger partial charge in [-0.2, -0.15) is 0 Å². The molecule has 0 radical (unpaired) electrons. The van der Waals surface area contributed by atoms with Crippen molar-refractivity contribution in [2.45, 2.75) is 0 Å². The summed E-state index contributed by atoms with van der Waals surface area (Å²) in [6.45, 7) is 0. The van der Waals surface area contributed by atoms with Gasteiger partial charge in [-0.1, -0.05) is 11.6 Å². The van der Waals surface area contributed by atoms with Gasteiger partial charge in [0.2, 0.25) is 5.88 Å². The molecule has 0 saturated heterocycles. The van der Waals surface area contributed by atoms with Gasteiger partial charge in [0.25, 0.3) is 0 Å². The van der Waals surface area contributed by atoms with Crippen molar-refractivity contribution >= 4 is 22.9 Å². The van der Waals surface area contributed by atoms with Crippen molar-refractivity contribution in [3.05, 3.63) is 28.6 Å². The summed E-state index contributed by atoms with van der Waals surface area (Å²) in [6, 6.07) is 5.44. The van der Waals surface area contributed by atoms with Gasteiger partial charge in [0.1, 0.15) is 10.8 Å². The first kappa shape index (κ1) is 11.2. The molecule has 5 heteroatoms. The van der Waals surface area contributed by atoms with E-state index in [2.05, 4.69) is 4.98 Å². The quantitative estimate of drug-likeness (QED) is 0.841. The van der Waals surface area contributed by atoms with Gasteiger partial charge in [-0.15, -0.1) is 11.3 Å². The molecule has 2 rings (SSSR count). The average Bonchev–Trinajstić information content (AvgIpc) is 2.77. The number of hydrogen-bond acceptors (Lipinski definition) is 4. The normalized spacial score (nSPS) is 10.2. The maximum atomic E-state index is 5.95. The van der Waals surface area contributed by atoms with E-state index in [9.17, 15) is 0 Å². The third-order valence-corrected chi connectivity index (χ3v) is 3.17. The van der Waals surface area contributed by atoms with Crippen LogP contribution in [-0.4, -0.2) is 19.2 Å². The minimum atomic E-state index is 0.599. The Morgan fingerprint density at radius 3 is 2.69 bits per heavy atom. The minimum Gasteiger partial charge on any atom is -0.496 e. The number of thiazole rings is 1. The second kappa shape index (κ2) is 4.72. The topological polar surface area (TPSA) is 31.4 Å². The molecule has 0 aliphatic rings. The fraction of sp³-hybridized carbons (Fsp3) is 0.182. The molecule has 1 heterocycles. The first-order chi connectivity index (χ1) is 7.74. The molecule has 16 heavy (non-hydrogen) atoms. The molecule has 0 bridgehead atoms. The summed E-state index contributed by atoms with van der Waals surface area (Å²) in [6.07, 6.45) is 0. The van der Waals surface area contributed by atoms with Gasteiger partial charge < -0.3 is 9.47 Å². The van der Waals surface area contributed by atoms with Crippen LogP contribution in [0.1, 0.15) is 0 Å². The zero-order chi connectivity index (χ0) is 11.5. The maximum Gasteiger partial charge on any atom is 0.224 e. The summed E-state index contributed by atoms with van der Waals surface area (Å²) in [7, 11) is 3.21. The lowest BCUT2D eigenvalue weighted by Crippen LogP contribution is -1.88. The van der Waals surface area contributed by atoms with E-state index in [1.807, 2.05) is 17.5 Å². The van der Waals surface area contributed by atoms with Crippen LogP contribution in [0.3, 0.4) is 0 Å². The highest BCUT2D eigenvalue weighted by Crippen LogP contribution is 2.35. The highest BCUT2D eigenvalue weighted by molar-refractivity contribution is 7.13. The van der Waals surface area contributed by atoms with E-state index in [1.54, 1.807) is 20.3 Å². The molecule has 1 aromatic heterocycles. The van der Waals surface area contributed by atoms with E-state index in [1.165, 1.54) is 11.3 Å². The lowest BCUT2D eigenvalue weighted by Gasteiger charge is -2.05. The Morgan fingerprint density at radius 2 is 2.06 bits per heavy atom. The molecule has 3 nitrogen and oxygen atoms in total. The Balaban J connectivity index is 2.49. The molecule has 0 aliphatic heterocycles. The number of nitrogens with zero attached hydrogens (tertiary/aromatic N) is 1. The molecular formula is C11H10ClNO2S. The minimum absolute atomic E-state index is 0.599. The number of methoxy groups -OCH3 is 2. The zero-order valence-corrected chi connectivity index (χ0v) is 10.4. The van der Waals surface area contributed by atoms with Crippen LogP contribution < -0.4 is 9.47 Å². The summed E-state index contributed by atoms with van der Waals surface area (Å²) in [4.78, 5) is 4.31. The number of halogens is 1. The van der Waals surface area contributed by atoms with Crippen LogP contribution in [0.2, 0.25) is 5.02 Å². The summed E-state index contributed by atoms with van der Waals surface area (Å²) < 4.78 is 10.3. The molecule has 0 saturated carbocycles. The number of benzene rings is 1. The third-order valence-electron chi connectivity index (χ3n) is 2.08. The summed E-state index contributed by atoms with van der Waals surface area (Å²) in [5.74, 6) is 1.35. The zero-order valence-electron chi connectivity index (χ0n) is 8.86. The van der Waals surface area contributed by atoms with Crippen molar-refractivity contribution < 1.29 is 9.47 Å². The summed E-state index contributed by atoms with van der Waals surface area (Å²) in [5.41, 5.74) is 0.878. The fourth-order valence-corrected chi connectivity index (χ4v) is 2.29. The second-order valence-corrected chi connectivity index (χ2v) is 4.33. The SMILES string of the molecule is COc1csc(-c2cc(Cl)ccc2OC)n1. The maximum absolute atomic E-state index is 5.95. The fourth-order valence-electron chi connectivity index (χ4n) is 1.32. The van der Waals surface area contributed by atoms with Gasteiger partial charge in [-0.25, -0.2) is 4.98 Å². The summed E-state index contributed by atoms with van der Waals surface area (Å²) >= 11 is 7.45. The van der Waals surface area contributed by atoms with E-state index in [0.29, 0.717) is 10.9 Å². The van der Waals surface area contributed by atoms with Crippen molar-refractivity contribution in [1.29, 1.82) is 0 Å². The van der Waals surface area contributed by atoms with Crippen LogP contribution in [0.15, 0.2) is 23.6 Å². The molecule has 0 fully saturated rings. The number of ether oxygens (including phenoxy) is 2. The largest absolute Gasteiger partial charge is 0.496 e. The first-order valence-corrected chi connectivity index (χ1v) is 5.84. The molecule has 84 valence electrons. The smallest absolute Gasteiger partial charge is 0.224 e. The third kappa shape index (κ3) is 2.13. The van der Waals surface area contributed by atoms with Crippen LogP contribution in [0, 0.1) is 0 Å². The van der Waals surface area contributed by atoms with Crippen molar-refractivity contribution in [3.8, 4) is 22.2 Å². The van der Waals surface area contributed by atoms with Crippen LogP contribution in [0.4, 0.5) is 0 Å². The van der Waals surface area contributed by atoms with Crippen LogP contribution in [0.5, 0.6) is 11.6 Å². The molecule has 1 aromatic carbocycles. The molecule has 0 atom stereocenters. The van der Waals surface area contributed by atoms with Crippen LogP contribution >= 0.6 is 22.9 Å². The van der Waals surface area contributed by atoms with Gasteiger partial charge in [0.05, 0.1) is 25.2 Å². The van der Waals surface area contributed by atoms with E-state index in [-0.39, 0.29) is 0 Å². The van der Waals surface area contributed by atoms with Gasteiger partial charge in [0, 0.05) is 5.02 Å². The Labute approximate surface area is 103 Å². The highest BCUT2D eigenvalue weighted by atomic mass is 35.5. The summed E-state index contributed by atoms with van der Waals surface area (Å²) in [5, 5.41) is 3.33. The van der Waals surface area contributed by atoms with Gasteiger partial charge >= 0.3 is 0 Å². The average molecular weight is 256 g/mol. The standard InChI is InChI=1S/C11H10ClNO2S/c1-14-9-4-3-7(12)5-8(9)11-13-10(15-2)6-16-11/h3-6H,1-2H3. The van der Waals surface area contributed by atoms with E-state index >= 15 is 0 Å². The van der Waals surface area contributed by atoms with Gasteiger partial charge in [-0.05, 0) is 18.2 Å². The highest BCUT2D eigenvalue weighted by Gasteiger charge is 2.11. The monoisotopic (exact) mass is 255 g/mol. The molecule has 2 aromatic rings. The Hall–Kier alpha value is -1.26. The van der Waals surface area contributed by atoms with E-state index < -0.39 is 0 Å². The van der Waals surface area contributed by atoms with Gasteiger partial charge in [0.15, 0.2) is 0 Å². The van der Waals surface area contributed by atoms with Gasteiger partial charge in [-0.3, -0.25) is 0 Å². The van der Waals surface area contributed by atoms with Crippen LogP contribution in [-0.2, 0) is 0 Å². The predicted molar refractivity (Wildman–Crippen MR) is 65.7 cm³/mol. The lowest BCUT2D eigenvalue weighted by atomic mass is 10.2. The molecule has 0 aliphatic carbocycles. The van der Waals surface area contributed by atoms with Crippen LogP contribution in [0.25, 0.3) is 10.6 Å². The number of rotatable bonds is 3. The molecule has 0 N–H and O–H groups in total. The molecule has 0 amide bonds. The van der Waals surface area contributed by atoms with Crippen molar-refractivity contribution in [2.75, 3.05) is 14.2 Å². The van der Waals surface area contributed by atoms with Crippen molar-refractivity contribution in [1.82, 2.24) is 4.98 Å². The Bertz CT molecular complexity index is 498. The van der Waals surface area contributed by atoms with E-state index in [4.69, 9.17) is 21.1 Å². The number of hydrogen-bond donors (Lipinski definition) is 0. The Kier molecular flexibility index (Phi) is 3.31. The van der Waals surface area contributed by atoms with E-state index in [0.717, 1.165) is 16.3 Å². The van der Waals surface area contributed by atoms with Crippen molar-refractivity contribution in [3.63, 3.8) is 0 Å². The molecular weight excluding hydrogens is 246 g/mol. The second-order valence-electron chi connectivity index (χ2n) is 3.04. The first-order valence-electron chi connectivity index (χ1n) is 4.58. The predicted octanol–water partition coefficient (Wildman–Crippen LogP) is 3.48. The van der Waals surface area contributed by atoms with Crippen molar-refractivity contribution in [2.24, 2.45) is 0 Å².